The molecule has 2 bridgehead atoms. The highest BCUT2D eigenvalue weighted by molar-refractivity contribution is 7.89. The van der Waals surface area contributed by atoms with Crippen LogP contribution in [0, 0.1) is 17.8 Å². The number of carbonyl (C=O) groups is 1. The molecule has 0 heterocycles. The molecule has 4 atom stereocenters. The van der Waals surface area contributed by atoms with Crippen LogP contribution in [-0.4, -0.2) is 25.5 Å². The van der Waals surface area contributed by atoms with Gasteiger partial charge in [-0.05, 0) is 68.4 Å². The van der Waals surface area contributed by atoms with Crippen molar-refractivity contribution in [2.24, 2.45) is 17.8 Å². The molecule has 0 aromatic heterocycles. The van der Waals surface area contributed by atoms with E-state index in [9.17, 15) is 13.2 Å². The highest BCUT2D eigenvalue weighted by Gasteiger charge is 2.48. The van der Waals surface area contributed by atoms with Crippen molar-refractivity contribution in [3.8, 4) is 0 Å². The Labute approximate surface area is 155 Å². The average molecular weight is 378 g/mol. The summed E-state index contributed by atoms with van der Waals surface area (Å²) in [5, 5.41) is 8.66. The Kier molecular flexibility index (Phi) is 6.14. The van der Waals surface area contributed by atoms with Crippen LogP contribution in [0.1, 0.15) is 44.9 Å². The number of rotatable bonds is 9. The molecule has 0 spiro atoms. The Hall–Kier alpha value is -1.66. The van der Waals surface area contributed by atoms with Crippen molar-refractivity contribution in [2.45, 2.75) is 55.9 Å². The van der Waals surface area contributed by atoms with E-state index in [-0.39, 0.29) is 12.5 Å². The molecule has 3 rings (SSSR count). The molecule has 0 unspecified atom stereocenters. The van der Waals surface area contributed by atoms with Crippen molar-refractivity contribution in [2.75, 3.05) is 0 Å². The van der Waals surface area contributed by atoms with Crippen molar-refractivity contribution in [1.29, 1.82) is 0 Å². The zero-order valence-corrected chi connectivity index (χ0v) is 15.7. The quantitative estimate of drug-likeness (QED) is 0.509. The molecule has 2 fully saturated rings. The van der Waals surface area contributed by atoms with E-state index < -0.39 is 16.0 Å². The maximum Gasteiger partial charge on any atom is 0.303 e. The predicted octanol–water partition coefficient (Wildman–Crippen LogP) is 3.58. The monoisotopic (exact) mass is 377 g/mol. The van der Waals surface area contributed by atoms with Crippen LogP contribution in [0.3, 0.4) is 0 Å². The topological polar surface area (TPSA) is 83.5 Å². The number of nitrogens with one attached hydrogen (secondary N) is 1. The molecule has 1 aromatic carbocycles. The molecule has 0 amide bonds. The molecule has 6 heteroatoms. The van der Waals surface area contributed by atoms with E-state index >= 15 is 0 Å². The second-order valence-corrected chi connectivity index (χ2v) is 9.16. The van der Waals surface area contributed by atoms with E-state index in [4.69, 9.17) is 5.11 Å². The van der Waals surface area contributed by atoms with Crippen LogP contribution < -0.4 is 4.72 Å². The van der Waals surface area contributed by atoms with Gasteiger partial charge in [-0.15, -0.1) is 0 Å². The molecule has 5 nitrogen and oxygen atoms in total. The van der Waals surface area contributed by atoms with Crippen molar-refractivity contribution in [3.63, 3.8) is 0 Å². The van der Waals surface area contributed by atoms with Crippen molar-refractivity contribution >= 4 is 16.0 Å². The summed E-state index contributed by atoms with van der Waals surface area (Å²) in [5.41, 5.74) is 0. The number of carboxylic acid groups (broad SMARTS) is 1. The minimum absolute atomic E-state index is 0.00243. The van der Waals surface area contributed by atoms with Gasteiger partial charge in [0, 0.05) is 12.5 Å². The third kappa shape index (κ3) is 4.54. The third-order valence-electron chi connectivity index (χ3n) is 5.77. The summed E-state index contributed by atoms with van der Waals surface area (Å²) >= 11 is 0. The second-order valence-electron chi connectivity index (χ2n) is 7.45. The molecule has 1 aromatic rings. The van der Waals surface area contributed by atoms with Gasteiger partial charge in [0.25, 0.3) is 0 Å². The first-order chi connectivity index (χ1) is 12.5. The normalized spacial score (nSPS) is 28.0. The maximum absolute atomic E-state index is 12.7. The van der Waals surface area contributed by atoms with Gasteiger partial charge in [0.2, 0.25) is 10.0 Å². The number of carboxylic acids is 1. The van der Waals surface area contributed by atoms with E-state index in [1.54, 1.807) is 24.3 Å². The van der Waals surface area contributed by atoms with Crippen molar-refractivity contribution in [3.05, 3.63) is 42.5 Å². The summed E-state index contributed by atoms with van der Waals surface area (Å²) in [7, 11) is -3.49. The van der Waals surface area contributed by atoms with Crippen LogP contribution in [0.5, 0.6) is 0 Å². The Bertz CT molecular complexity index is 744. The van der Waals surface area contributed by atoms with Gasteiger partial charge >= 0.3 is 5.97 Å². The van der Waals surface area contributed by atoms with Crippen molar-refractivity contribution in [1.82, 2.24) is 4.72 Å². The van der Waals surface area contributed by atoms with Crippen LogP contribution in [-0.2, 0) is 14.8 Å². The third-order valence-corrected chi connectivity index (χ3v) is 7.24. The lowest BCUT2D eigenvalue weighted by Gasteiger charge is -2.31. The first kappa shape index (κ1) is 19.1. The van der Waals surface area contributed by atoms with Crippen LogP contribution in [0.25, 0.3) is 0 Å². The zero-order valence-electron chi connectivity index (χ0n) is 14.9. The maximum atomic E-state index is 12.7. The fraction of sp³-hybridized carbons (Fsp3) is 0.550. The van der Waals surface area contributed by atoms with Gasteiger partial charge in [-0.3, -0.25) is 4.79 Å². The van der Waals surface area contributed by atoms with E-state index in [1.165, 1.54) is 6.42 Å². The van der Waals surface area contributed by atoms with Crippen LogP contribution in [0.2, 0.25) is 0 Å². The van der Waals surface area contributed by atoms with Gasteiger partial charge in [-0.25, -0.2) is 13.1 Å². The van der Waals surface area contributed by atoms with Gasteiger partial charge in [0.15, 0.2) is 0 Å². The lowest BCUT2D eigenvalue weighted by molar-refractivity contribution is -0.137. The fourth-order valence-electron chi connectivity index (χ4n) is 4.52. The lowest BCUT2D eigenvalue weighted by atomic mass is 9.83. The number of allylic oxidation sites excluding steroid dienone is 2. The molecule has 0 aliphatic heterocycles. The Morgan fingerprint density at radius 3 is 2.62 bits per heavy atom. The second kappa shape index (κ2) is 8.35. The average Bonchev–Trinajstić information content (AvgIpc) is 3.20. The first-order valence-electron chi connectivity index (χ1n) is 9.41. The highest BCUT2D eigenvalue weighted by Crippen LogP contribution is 2.50. The highest BCUT2D eigenvalue weighted by atomic mass is 32.2. The Morgan fingerprint density at radius 2 is 1.88 bits per heavy atom. The minimum Gasteiger partial charge on any atom is -0.481 e. The largest absolute Gasteiger partial charge is 0.481 e. The molecule has 2 aliphatic carbocycles. The smallest absolute Gasteiger partial charge is 0.303 e. The van der Waals surface area contributed by atoms with E-state index in [2.05, 4.69) is 10.8 Å². The van der Waals surface area contributed by atoms with Gasteiger partial charge < -0.3 is 5.11 Å². The number of unbranched alkanes of at least 4 members (excludes halogenated alkanes) is 1. The summed E-state index contributed by atoms with van der Waals surface area (Å²) in [4.78, 5) is 10.9. The van der Waals surface area contributed by atoms with Crippen molar-refractivity contribution < 1.29 is 18.3 Å². The van der Waals surface area contributed by atoms with Gasteiger partial charge in [-0.1, -0.05) is 30.4 Å². The number of hydrogen-bond donors (Lipinski definition) is 2. The fourth-order valence-corrected chi connectivity index (χ4v) is 5.90. The van der Waals surface area contributed by atoms with E-state index in [0.29, 0.717) is 29.1 Å². The lowest BCUT2D eigenvalue weighted by Crippen LogP contribution is -2.43. The number of fused-ring (bicyclic) bond motifs is 2. The summed E-state index contributed by atoms with van der Waals surface area (Å²) in [6.07, 6.45) is 10.00. The zero-order chi connectivity index (χ0) is 18.6. The van der Waals surface area contributed by atoms with Gasteiger partial charge in [-0.2, -0.15) is 0 Å². The van der Waals surface area contributed by atoms with Crippen LogP contribution in [0.15, 0.2) is 47.4 Å². The molecule has 2 saturated carbocycles. The number of aliphatic carboxylic acids is 1. The van der Waals surface area contributed by atoms with Gasteiger partial charge in [0.1, 0.15) is 0 Å². The van der Waals surface area contributed by atoms with E-state index in [1.807, 2.05) is 12.1 Å². The number of hydrogen-bond acceptors (Lipinski definition) is 3. The summed E-state index contributed by atoms with van der Waals surface area (Å²) in [6.45, 7) is 0. The van der Waals surface area contributed by atoms with Gasteiger partial charge in [0.05, 0.1) is 4.90 Å². The summed E-state index contributed by atoms with van der Waals surface area (Å²) in [6, 6.07) is 8.57. The SMILES string of the molecule is O=C(O)CCCC=CC[C@H]1[C@@H]2CC[C@@H](C2)[C@H]1NS(=O)(=O)c1ccccc1. The molecule has 0 radical (unpaired) electrons. The molecular formula is C20H27NO4S. The number of benzene rings is 1. The summed E-state index contributed by atoms with van der Waals surface area (Å²) in [5.74, 6) is 0.598. The molecule has 26 heavy (non-hydrogen) atoms. The Balaban J connectivity index is 1.60. The van der Waals surface area contributed by atoms with Crippen LogP contribution in [0.4, 0.5) is 0 Å². The molecule has 2 N–H and O–H groups in total. The molecule has 2 aliphatic rings. The molecule has 0 saturated heterocycles. The number of sulfonamides is 1. The van der Waals surface area contributed by atoms with Crippen LogP contribution >= 0.6 is 0 Å². The minimum atomic E-state index is -3.49. The van der Waals surface area contributed by atoms with E-state index in [0.717, 1.165) is 25.7 Å². The standard InChI is InChI=1S/C20H27NO4S/c22-19(23)11-7-2-1-6-10-18-15-12-13-16(14-15)20(18)21-26(24,25)17-8-4-3-5-9-17/h1,3-6,8-9,15-16,18,20-21H,2,7,10-14H2,(H,22,23)/t15-,16+,18+,20-/m1/s1. The molecule has 142 valence electrons. The first-order valence-corrected chi connectivity index (χ1v) is 10.9. The Morgan fingerprint density at radius 1 is 1.15 bits per heavy atom. The predicted molar refractivity (Wildman–Crippen MR) is 100 cm³/mol. The summed E-state index contributed by atoms with van der Waals surface area (Å²) < 4.78 is 28.4. The molecular weight excluding hydrogens is 350 g/mol.